The van der Waals surface area contributed by atoms with Crippen molar-refractivity contribution in [2.75, 3.05) is 5.32 Å². The zero-order valence-corrected chi connectivity index (χ0v) is 10.5. The molecule has 0 aliphatic rings. The molecule has 5 nitrogen and oxygen atoms in total. The second kappa shape index (κ2) is 4.70. The van der Waals surface area contributed by atoms with Gasteiger partial charge in [0.05, 0.1) is 5.52 Å². The van der Waals surface area contributed by atoms with E-state index in [0.717, 1.165) is 10.9 Å². The SMILES string of the molecule is O=C(Nc1n[nH]c2cc(Cl)ccc12)c1ccccn1. The molecule has 6 heteroatoms. The van der Waals surface area contributed by atoms with Crippen molar-refractivity contribution in [3.63, 3.8) is 0 Å². The van der Waals surface area contributed by atoms with Crippen molar-refractivity contribution in [2.45, 2.75) is 0 Å². The number of carbonyl (C=O) groups is 1. The number of benzene rings is 1. The lowest BCUT2D eigenvalue weighted by atomic mass is 10.2. The number of hydrogen-bond acceptors (Lipinski definition) is 3. The fourth-order valence-electron chi connectivity index (χ4n) is 1.76. The first-order valence-electron chi connectivity index (χ1n) is 5.60. The number of rotatable bonds is 2. The molecule has 3 aromatic rings. The average molecular weight is 273 g/mol. The number of anilines is 1. The van der Waals surface area contributed by atoms with Crippen LogP contribution >= 0.6 is 11.6 Å². The van der Waals surface area contributed by atoms with Crippen molar-refractivity contribution >= 4 is 34.2 Å². The summed E-state index contributed by atoms with van der Waals surface area (Å²) >= 11 is 5.88. The maximum absolute atomic E-state index is 12.0. The molecule has 0 fully saturated rings. The van der Waals surface area contributed by atoms with Crippen LogP contribution in [0.3, 0.4) is 0 Å². The van der Waals surface area contributed by atoms with E-state index >= 15 is 0 Å². The summed E-state index contributed by atoms with van der Waals surface area (Å²) in [4.78, 5) is 16.0. The fourth-order valence-corrected chi connectivity index (χ4v) is 1.93. The fraction of sp³-hybridized carbons (Fsp3) is 0. The van der Waals surface area contributed by atoms with Crippen molar-refractivity contribution in [3.05, 3.63) is 53.3 Å². The van der Waals surface area contributed by atoms with E-state index in [-0.39, 0.29) is 5.91 Å². The Morgan fingerprint density at radius 3 is 2.95 bits per heavy atom. The number of aromatic amines is 1. The Bertz CT molecular complexity index is 739. The van der Waals surface area contributed by atoms with Crippen molar-refractivity contribution in [3.8, 4) is 0 Å². The molecular formula is C13H9ClN4O. The highest BCUT2D eigenvalue weighted by atomic mass is 35.5. The number of H-pyrrole nitrogens is 1. The number of nitrogens with zero attached hydrogens (tertiary/aromatic N) is 2. The van der Waals surface area contributed by atoms with E-state index in [1.165, 1.54) is 0 Å². The monoisotopic (exact) mass is 272 g/mol. The van der Waals surface area contributed by atoms with Gasteiger partial charge in [0, 0.05) is 16.6 Å². The van der Waals surface area contributed by atoms with Crippen molar-refractivity contribution in [2.24, 2.45) is 0 Å². The predicted molar refractivity (Wildman–Crippen MR) is 73.3 cm³/mol. The van der Waals surface area contributed by atoms with Crippen LogP contribution in [0.4, 0.5) is 5.82 Å². The minimum absolute atomic E-state index is 0.302. The van der Waals surface area contributed by atoms with Gasteiger partial charge in [-0.2, -0.15) is 5.10 Å². The Hall–Kier alpha value is -2.40. The van der Waals surface area contributed by atoms with Gasteiger partial charge in [-0.15, -0.1) is 0 Å². The molecule has 0 aliphatic carbocycles. The highest BCUT2D eigenvalue weighted by Gasteiger charge is 2.11. The van der Waals surface area contributed by atoms with Crippen molar-refractivity contribution in [1.29, 1.82) is 0 Å². The van der Waals surface area contributed by atoms with Crippen LogP contribution in [-0.2, 0) is 0 Å². The zero-order chi connectivity index (χ0) is 13.2. The summed E-state index contributed by atoms with van der Waals surface area (Å²) in [6, 6.07) is 10.4. The number of pyridine rings is 1. The second-order valence-electron chi connectivity index (χ2n) is 3.93. The molecule has 0 spiro atoms. The lowest BCUT2D eigenvalue weighted by Crippen LogP contribution is -2.13. The molecule has 94 valence electrons. The number of aromatic nitrogens is 3. The quantitative estimate of drug-likeness (QED) is 0.753. The van der Waals surface area contributed by atoms with Gasteiger partial charge >= 0.3 is 0 Å². The first kappa shape index (κ1) is 11.7. The summed E-state index contributed by atoms with van der Waals surface area (Å²) in [6.45, 7) is 0. The Morgan fingerprint density at radius 2 is 2.16 bits per heavy atom. The average Bonchev–Trinajstić information content (AvgIpc) is 2.82. The van der Waals surface area contributed by atoms with E-state index in [1.807, 2.05) is 0 Å². The number of fused-ring (bicyclic) bond motifs is 1. The van der Waals surface area contributed by atoms with E-state index in [4.69, 9.17) is 11.6 Å². The summed E-state index contributed by atoms with van der Waals surface area (Å²) < 4.78 is 0. The minimum Gasteiger partial charge on any atom is -0.303 e. The first-order valence-corrected chi connectivity index (χ1v) is 5.98. The molecule has 0 aliphatic heterocycles. The molecule has 2 aromatic heterocycles. The van der Waals surface area contributed by atoms with Crippen LogP contribution < -0.4 is 5.32 Å². The van der Waals surface area contributed by atoms with E-state index in [9.17, 15) is 4.79 Å². The van der Waals surface area contributed by atoms with Gasteiger partial charge in [-0.25, -0.2) is 0 Å². The number of carbonyl (C=O) groups excluding carboxylic acids is 1. The molecule has 0 radical (unpaired) electrons. The van der Waals surface area contributed by atoms with Gasteiger partial charge in [0.1, 0.15) is 5.69 Å². The molecule has 0 bridgehead atoms. The lowest BCUT2D eigenvalue weighted by molar-refractivity contribution is 0.102. The number of hydrogen-bond donors (Lipinski definition) is 2. The summed E-state index contributed by atoms with van der Waals surface area (Å²) in [5, 5.41) is 11.0. The summed E-state index contributed by atoms with van der Waals surface area (Å²) in [5.74, 6) is 0.159. The van der Waals surface area contributed by atoms with Gasteiger partial charge in [-0.05, 0) is 30.3 Å². The third kappa shape index (κ3) is 2.28. The topological polar surface area (TPSA) is 70.7 Å². The van der Waals surface area contributed by atoms with Gasteiger partial charge in [0.2, 0.25) is 0 Å². The molecule has 1 aromatic carbocycles. The summed E-state index contributed by atoms with van der Waals surface area (Å²) in [6.07, 6.45) is 1.57. The molecule has 0 saturated carbocycles. The van der Waals surface area contributed by atoms with E-state index in [1.54, 1.807) is 42.6 Å². The molecule has 2 N–H and O–H groups in total. The van der Waals surface area contributed by atoms with Crippen LogP contribution in [0.15, 0.2) is 42.6 Å². The van der Waals surface area contributed by atoms with Gasteiger partial charge in [0.15, 0.2) is 5.82 Å². The number of halogens is 1. The molecule has 0 atom stereocenters. The lowest BCUT2D eigenvalue weighted by Gasteiger charge is -2.01. The molecule has 0 saturated heterocycles. The standard InChI is InChI=1S/C13H9ClN4O/c14-8-4-5-9-11(7-8)17-18-12(9)16-13(19)10-3-1-2-6-15-10/h1-7H,(H2,16,17,18,19). The highest BCUT2D eigenvalue weighted by Crippen LogP contribution is 2.23. The van der Waals surface area contributed by atoms with Crippen molar-refractivity contribution in [1.82, 2.24) is 15.2 Å². The van der Waals surface area contributed by atoms with Gasteiger partial charge < -0.3 is 5.32 Å². The van der Waals surface area contributed by atoms with Crippen LogP contribution in [0.5, 0.6) is 0 Å². The van der Waals surface area contributed by atoms with Crippen LogP contribution in [0.25, 0.3) is 10.9 Å². The Morgan fingerprint density at radius 1 is 1.26 bits per heavy atom. The predicted octanol–water partition coefficient (Wildman–Crippen LogP) is 2.86. The van der Waals surface area contributed by atoms with Crippen LogP contribution in [-0.4, -0.2) is 21.1 Å². The zero-order valence-electron chi connectivity index (χ0n) is 9.72. The van der Waals surface area contributed by atoms with E-state index in [0.29, 0.717) is 16.5 Å². The molecular weight excluding hydrogens is 264 g/mol. The number of amides is 1. The minimum atomic E-state index is -0.302. The highest BCUT2D eigenvalue weighted by molar-refractivity contribution is 6.31. The second-order valence-corrected chi connectivity index (χ2v) is 4.37. The molecule has 2 heterocycles. The molecule has 3 rings (SSSR count). The molecule has 1 amide bonds. The summed E-state index contributed by atoms with van der Waals surface area (Å²) in [5.41, 5.74) is 1.11. The maximum atomic E-state index is 12.0. The van der Waals surface area contributed by atoms with Crippen molar-refractivity contribution < 1.29 is 4.79 Å². The van der Waals surface area contributed by atoms with Crippen LogP contribution in [0, 0.1) is 0 Å². The first-order chi connectivity index (χ1) is 9.24. The third-order valence-corrected chi connectivity index (χ3v) is 2.89. The Kier molecular flexibility index (Phi) is 2.89. The number of nitrogens with one attached hydrogen (secondary N) is 2. The summed E-state index contributed by atoms with van der Waals surface area (Å²) in [7, 11) is 0. The van der Waals surface area contributed by atoms with E-state index < -0.39 is 0 Å². The third-order valence-electron chi connectivity index (χ3n) is 2.65. The maximum Gasteiger partial charge on any atom is 0.275 e. The van der Waals surface area contributed by atoms with E-state index in [2.05, 4.69) is 20.5 Å². The normalized spacial score (nSPS) is 10.6. The largest absolute Gasteiger partial charge is 0.303 e. The molecule has 19 heavy (non-hydrogen) atoms. The van der Waals surface area contributed by atoms with Gasteiger partial charge in [-0.1, -0.05) is 17.7 Å². The smallest absolute Gasteiger partial charge is 0.275 e. The Balaban J connectivity index is 1.92. The Labute approximate surface area is 113 Å². The molecule has 0 unspecified atom stereocenters. The van der Waals surface area contributed by atoms with Crippen LogP contribution in [0.1, 0.15) is 10.5 Å². The van der Waals surface area contributed by atoms with Gasteiger partial charge in [0.25, 0.3) is 5.91 Å². The van der Waals surface area contributed by atoms with Crippen LogP contribution in [0.2, 0.25) is 5.02 Å². The van der Waals surface area contributed by atoms with Gasteiger partial charge in [-0.3, -0.25) is 14.9 Å².